The van der Waals surface area contributed by atoms with Gasteiger partial charge in [-0.15, -0.1) is 11.8 Å². The standard InChI is InChI=1S/C14H16N2OS/c1-10-3-5-13(6-4-10)18-9-14-15-11(2)7-12(8-17)16-14/h3-7,17H,8-9H2,1-2H3. The van der Waals surface area contributed by atoms with Gasteiger partial charge >= 0.3 is 0 Å². The highest BCUT2D eigenvalue weighted by Crippen LogP contribution is 2.21. The van der Waals surface area contributed by atoms with Gasteiger partial charge in [0.15, 0.2) is 0 Å². The third-order valence-corrected chi connectivity index (χ3v) is 3.51. The third kappa shape index (κ3) is 3.55. The summed E-state index contributed by atoms with van der Waals surface area (Å²) < 4.78 is 0. The summed E-state index contributed by atoms with van der Waals surface area (Å²) >= 11 is 1.70. The minimum absolute atomic E-state index is 0.0362. The van der Waals surface area contributed by atoms with Gasteiger partial charge in [-0.3, -0.25) is 0 Å². The number of aryl methyl sites for hydroxylation is 2. The molecule has 3 nitrogen and oxygen atoms in total. The summed E-state index contributed by atoms with van der Waals surface area (Å²) in [5.74, 6) is 1.49. The fraction of sp³-hybridized carbons (Fsp3) is 0.286. The van der Waals surface area contributed by atoms with Gasteiger partial charge in [0, 0.05) is 10.6 Å². The molecule has 0 saturated carbocycles. The summed E-state index contributed by atoms with van der Waals surface area (Å²) in [5.41, 5.74) is 2.84. The van der Waals surface area contributed by atoms with E-state index < -0.39 is 0 Å². The van der Waals surface area contributed by atoms with Gasteiger partial charge in [0.1, 0.15) is 5.82 Å². The molecule has 1 N–H and O–H groups in total. The molecule has 0 atom stereocenters. The van der Waals surface area contributed by atoms with Crippen molar-refractivity contribution in [3.63, 3.8) is 0 Å². The SMILES string of the molecule is Cc1ccc(SCc2nc(C)cc(CO)n2)cc1. The van der Waals surface area contributed by atoms with Crippen LogP contribution < -0.4 is 0 Å². The van der Waals surface area contributed by atoms with E-state index in [9.17, 15) is 0 Å². The van der Waals surface area contributed by atoms with E-state index in [2.05, 4.69) is 41.2 Å². The van der Waals surface area contributed by atoms with E-state index in [1.165, 1.54) is 10.5 Å². The maximum Gasteiger partial charge on any atom is 0.139 e. The minimum atomic E-state index is -0.0362. The largest absolute Gasteiger partial charge is 0.390 e. The van der Waals surface area contributed by atoms with Crippen LogP contribution in [0.5, 0.6) is 0 Å². The monoisotopic (exact) mass is 260 g/mol. The Bertz CT molecular complexity index is 526. The van der Waals surface area contributed by atoms with Crippen molar-refractivity contribution < 1.29 is 5.11 Å². The molecule has 0 spiro atoms. The molecule has 1 heterocycles. The van der Waals surface area contributed by atoms with E-state index in [-0.39, 0.29) is 6.61 Å². The van der Waals surface area contributed by atoms with Gasteiger partial charge in [0.05, 0.1) is 18.1 Å². The van der Waals surface area contributed by atoms with Crippen molar-refractivity contribution in [2.45, 2.75) is 31.1 Å². The molecular weight excluding hydrogens is 244 g/mol. The van der Waals surface area contributed by atoms with Gasteiger partial charge in [-0.05, 0) is 32.0 Å². The summed E-state index contributed by atoms with van der Waals surface area (Å²) in [6, 6.07) is 10.2. The number of aromatic nitrogens is 2. The lowest BCUT2D eigenvalue weighted by atomic mass is 10.2. The lowest BCUT2D eigenvalue weighted by molar-refractivity contribution is 0.276. The predicted molar refractivity (Wildman–Crippen MR) is 73.4 cm³/mol. The smallest absolute Gasteiger partial charge is 0.139 e. The number of thioether (sulfide) groups is 1. The van der Waals surface area contributed by atoms with E-state index in [1.54, 1.807) is 17.8 Å². The van der Waals surface area contributed by atoms with E-state index in [0.29, 0.717) is 5.69 Å². The molecule has 0 fully saturated rings. The molecule has 94 valence electrons. The van der Waals surface area contributed by atoms with Crippen LogP contribution in [0.15, 0.2) is 35.2 Å². The highest BCUT2D eigenvalue weighted by atomic mass is 32.2. The van der Waals surface area contributed by atoms with Crippen LogP contribution in [-0.4, -0.2) is 15.1 Å². The summed E-state index contributed by atoms with van der Waals surface area (Å²) in [6.07, 6.45) is 0. The Kier molecular flexibility index (Phi) is 4.33. The highest BCUT2D eigenvalue weighted by Gasteiger charge is 2.03. The zero-order chi connectivity index (χ0) is 13.0. The highest BCUT2D eigenvalue weighted by molar-refractivity contribution is 7.98. The van der Waals surface area contributed by atoms with Crippen LogP contribution in [-0.2, 0) is 12.4 Å². The van der Waals surface area contributed by atoms with Crippen LogP contribution >= 0.6 is 11.8 Å². The normalized spacial score (nSPS) is 10.6. The molecule has 2 aromatic rings. The maximum absolute atomic E-state index is 9.11. The Hall–Kier alpha value is -1.39. The van der Waals surface area contributed by atoms with Crippen LogP contribution in [0.4, 0.5) is 0 Å². The average Bonchev–Trinajstić information content (AvgIpc) is 2.37. The molecular formula is C14H16N2OS. The minimum Gasteiger partial charge on any atom is -0.390 e. The summed E-state index contributed by atoms with van der Waals surface area (Å²) in [7, 11) is 0. The van der Waals surface area contributed by atoms with Crippen molar-refractivity contribution >= 4 is 11.8 Å². The number of hydrogen-bond donors (Lipinski definition) is 1. The van der Waals surface area contributed by atoms with Crippen LogP contribution in [0.25, 0.3) is 0 Å². The Morgan fingerprint density at radius 3 is 2.50 bits per heavy atom. The van der Waals surface area contributed by atoms with Gasteiger partial charge in [0.25, 0.3) is 0 Å². The Balaban J connectivity index is 2.05. The molecule has 0 aliphatic carbocycles. The molecule has 0 unspecified atom stereocenters. The zero-order valence-corrected chi connectivity index (χ0v) is 11.4. The van der Waals surface area contributed by atoms with Crippen molar-refractivity contribution in [2.24, 2.45) is 0 Å². The van der Waals surface area contributed by atoms with E-state index in [1.807, 2.05) is 6.92 Å². The molecule has 1 aromatic carbocycles. The zero-order valence-electron chi connectivity index (χ0n) is 10.6. The van der Waals surface area contributed by atoms with Crippen molar-refractivity contribution in [1.82, 2.24) is 9.97 Å². The van der Waals surface area contributed by atoms with E-state index in [0.717, 1.165) is 17.3 Å². The van der Waals surface area contributed by atoms with Crippen molar-refractivity contribution in [1.29, 1.82) is 0 Å². The molecule has 18 heavy (non-hydrogen) atoms. The van der Waals surface area contributed by atoms with Gasteiger partial charge in [-0.2, -0.15) is 0 Å². The molecule has 0 radical (unpaired) electrons. The van der Waals surface area contributed by atoms with Gasteiger partial charge in [-0.1, -0.05) is 17.7 Å². The third-order valence-electron chi connectivity index (χ3n) is 2.50. The average molecular weight is 260 g/mol. The van der Waals surface area contributed by atoms with Gasteiger partial charge < -0.3 is 5.11 Å². The second-order valence-corrected chi connectivity index (χ2v) is 5.23. The maximum atomic E-state index is 9.11. The first kappa shape index (κ1) is 13.1. The topological polar surface area (TPSA) is 46.0 Å². The summed E-state index contributed by atoms with van der Waals surface area (Å²) in [4.78, 5) is 9.88. The molecule has 0 saturated heterocycles. The summed E-state index contributed by atoms with van der Waals surface area (Å²) in [6.45, 7) is 3.96. The fourth-order valence-electron chi connectivity index (χ4n) is 1.63. The molecule has 4 heteroatoms. The van der Waals surface area contributed by atoms with Crippen molar-refractivity contribution in [2.75, 3.05) is 0 Å². The number of aliphatic hydroxyl groups is 1. The molecule has 2 rings (SSSR count). The number of rotatable bonds is 4. The first-order valence-electron chi connectivity index (χ1n) is 5.81. The number of benzene rings is 1. The number of hydrogen-bond acceptors (Lipinski definition) is 4. The Morgan fingerprint density at radius 1 is 1.11 bits per heavy atom. The van der Waals surface area contributed by atoms with Crippen LogP contribution in [0.1, 0.15) is 22.8 Å². The molecule has 1 aromatic heterocycles. The van der Waals surface area contributed by atoms with E-state index in [4.69, 9.17) is 5.11 Å². The van der Waals surface area contributed by atoms with Crippen molar-refractivity contribution in [3.05, 3.63) is 53.1 Å². The molecule has 0 amide bonds. The van der Waals surface area contributed by atoms with Crippen LogP contribution in [0.2, 0.25) is 0 Å². The fourth-order valence-corrected chi connectivity index (χ4v) is 2.38. The first-order valence-corrected chi connectivity index (χ1v) is 6.79. The second-order valence-electron chi connectivity index (χ2n) is 4.18. The number of aliphatic hydroxyl groups excluding tert-OH is 1. The summed E-state index contributed by atoms with van der Waals surface area (Å²) in [5, 5.41) is 9.11. The van der Waals surface area contributed by atoms with E-state index >= 15 is 0 Å². The first-order chi connectivity index (χ1) is 8.67. The van der Waals surface area contributed by atoms with Crippen molar-refractivity contribution in [3.8, 4) is 0 Å². The van der Waals surface area contributed by atoms with Crippen LogP contribution in [0, 0.1) is 13.8 Å². The molecule has 0 bridgehead atoms. The molecule has 0 aliphatic heterocycles. The van der Waals surface area contributed by atoms with Gasteiger partial charge in [-0.25, -0.2) is 9.97 Å². The lowest BCUT2D eigenvalue weighted by Crippen LogP contribution is -2.00. The Morgan fingerprint density at radius 2 is 1.83 bits per heavy atom. The Labute approximate surface area is 111 Å². The lowest BCUT2D eigenvalue weighted by Gasteiger charge is -2.04. The predicted octanol–water partition coefficient (Wildman–Crippen LogP) is 2.88. The number of nitrogens with zero attached hydrogens (tertiary/aromatic N) is 2. The second kappa shape index (κ2) is 5.98. The van der Waals surface area contributed by atoms with Gasteiger partial charge in [0.2, 0.25) is 0 Å². The molecule has 0 aliphatic rings. The quantitative estimate of drug-likeness (QED) is 0.859. The van der Waals surface area contributed by atoms with Crippen LogP contribution in [0.3, 0.4) is 0 Å².